The molecule has 0 unspecified atom stereocenters. The number of nitrogens with one attached hydrogen (secondary N) is 1. The van der Waals surface area contributed by atoms with E-state index in [0.717, 1.165) is 51.5 Å². The lowest BCUT2D eigenvalue weighted by Gasteiger charge is -2.09. The molecule has 0 saturated heterocycles. The van der Waals surface area contributed by atoms with Crippen molar-refractivity contribution in [2.45, 2.75) is 36.7 Å². The standard InChI is InChI=1S/C20H18N4OS2/c1-2-10-24-19(25)17-12-6-5-9-15(12)27-18(17)23-20(24)26-11-16-21-13-7-3-4-8-14(13)22-16/h2-4,7-8H,1,5-6,9-11H2,(H,21,22). The Kier molecular flexibility index (Phi) is 4.13. The van der Waals surface area contributed by atoms with Gasteiger partial charge in [0.2, 0.25) is 0 Å². The number of H-pyrrole nitrogens is 1. The van der Waals surface area contributed by atoms with Crippen LogP contribution in [0.5, 0.6) is 0 Å². The second-order valence-corrected chi connectivity index (χ2v) is 8.65. The van der Waals surface area contributed by atoms with Gasteiger partial charge in [-0.25, -0.2) is 9.97 Å². The van der Waals surface area contributed by atoms with E-state index in [0.29, 0.717) is 12.3 Å². The summed E-state index contributed by atoms with van der Waals surface area (Å²) in [4.78, 5) is 28.2. The molecule has 3 aromatic heterocycles. The molecule has 0 fully saturated rings. The first-order valence-electron chi connectivity index (χ1n) is 8.97. The molecule has 0 aliphatic heterocycles. The Bertz CT molecular complexity index is 1200. The number of imidazole rings is 1. The molecule has 0 atom stereocenters. The summed E-state index contributed by atoms with van der Waals surface area (Å²) >= 11 is 3.22. The van der Waals surface area contributed by atoms with Gasteiger partial charge in [0.25, 0.3) is 5.56 Å². The van der Waals surface area contributed by atoms with Crippen LogP contribution >= 0.6 is 23.1 Å². The number of aryl methyl sites for hydroxylation is 2. The molecule has 5 nitrogen and oxygen atoms in total. The number of para-hydroxylation sites is 2. The van der Waals surface area contributed by atoms with E-state index in [4.69, 9.17) is 4.98 Å². The van der Waals surface area contributed by atoms with Crippen LogP contribution in [0.3, 0.4) is 0 Å². The highest BCUT2D eigenvalue weighted by Crippen LogP contribution is 2.35. The fourth-order valence-corrected chi connectivity index (χ4v) is 5.85. The predicted octanol–water partition coefficient (Wildman–Crippen LogP) is 4.30. The SMILES string of the molecule is C=CCn1c(SCc2nc3ccccc3[nH]2)nc2sc3c(c2c1=O)CCC3. The first-order valence-corrected chi connectivity index (χ1v) is 10.8. The van der Waals surface area contributed by atoms with Gasteiger partial charge in [-0.2, -0.15) is 0 Å². The Morgan fingerprint density at radius 2 is 2.19 bits per heavy atom. The van der Waals surface area contributed by atoms with Crippen molar-refractivity contribution in [3.05, 3.63) is 63.5 Å². The minimum absolute atomic E-state index is 0.0615. The van der Waals surface area contributed by atoms with Gasteiger partial charge in [0, 0.05) is 11.4 Å². The molecule has 0 radical (unpaired) electrons. The molecule has 27 heavy (non-hydrogen) atoms. The van der Waals surface area contributed by atoms with Crippen molar-refractivity contribution in [1.82, 2.24) is 19.5 Å². The summed E-state index contributed by atoms with van der Waals surface area (Å²) in [7, 11) is 0. The molecule has 3 heterocycles. The molecule has 5 rings (SSSR count). The predicted molar refractivity (Wildman–Crippen MR) is 112 cm³/mol. The van der Waals surface area contributed by atoms with Crippen LogP contribution in [0.25, 0.3) is 21.3 Å². The highest BCUT2D eigenvalue weighted by molar-refractivity contribution is 7.98. The van der Waals surface area contributed by atoms with Crippen LogP contribution in [-0.4, -0.2) is 19.5 Å². The summed E-state index contributed by atoms with van der Waals surface area (Å²) < 4.78 is 1.74. The van der Waals surface area contributed by atoms with Gasteiger partial charge < -0.3 is 4.98 Å². The third kappa shape index (κ3) is 2.82. The van der Waals surface area contributed by atoms with Gasteiger partial charge in [-0.15, -0.1) is 17.9 Å². The smallest absolute Gasteiger partial charge is 0.263 e. The number of fused-ring (bicyclic) bond motifs is 4. The number of thioether (sulfide) groups is 1. The maximum absolute atomic E-state index is 13.2. The quantitative estimate of drug-likeness (QED) is 0.311. The first kappa shape index (κ1) is 16.8. The lowest BCUT2D eigenvalue weighted by atomic mass is 10.2. The molecular weight excluding hydrogens is 376 g/mol. The van der Waals surface area contributed by atoms with Crippen molar-refractivity contribution in [3.8, 4) is 0 Å². The van der Waals surface area contributed by atoms with Crippen LogP contribution in [-0.2, 0) is 25.1 Å². The van der Waals surface area contributed by atoms with E-state index in [1.165, 1.54) is 10.4 Å². The highest BCUT2D eigenvalue weighted by atomic mass is 32.2. The van der Waals surface area contributed by atoms with E-state index in [9.17, 15) is 4.79 Å². The maximum atomic E-state index is 13.2. The molecule has 0 spiro atoms. The zero-order valence-corrected chi connectivity index (χ0v) is 16.3. The van der Waals surface area contributed by atoms with Crippen LogP contribution in [0.15, 0.2) is 46.9 Å². The van der Waals surface area contributed by atoms with E-state index in [2.05, 4.69) is 16.5 Å². The lowest BCUT2D eigenvalue weighted by Crippen LogP contribution is -2.22. The van der Waals surface area contributed by atoms with Crippen molar-refractivity contribution < 1.29 is 0 Å². The van der Waals surface area contributed by atoms with Crippen molar-refractivity contribution in [2.24, 2.45) is 0 Å². The summed E-state index contributed by atoms with van der Waals surface area (Å²) in [6.45, 7) is 4.28. The highest BCUT2D eigenvalue weighted by Gasteiger charge is 2.23. The average Bonchev–Trinajstić information content (AvgIpc) is 3.35. The average molecular weight is 395 g/mol. The topological polar surface area (TPSA) is 63.6 Å². The molecule has 0 saturated carbocycles. The molecule has 1 aromatic carbocycles. The van der Waals surface area contributed by atoms with Gasteiger partial charge in [-0.05, 0) is 37.0 Å². The van der Waals surface area contributed by atoms with Gasteiger partial charge in [0.05, 0.1) is 22.2 Å². The van der Waals surface area contributed by atoms with Gasteiger partial charge in [-0.1, -0.05) is 30.0 Å². The molecule has 136 valence electrons. The third-order valence-corrected chi connectivity index (χ3v) is 7.05. The van der Waals surface area contributed by atoms with Gasteiger partial charge in [-0.3, -0.25) is 9.36 Å². The fourth-order valence-electron chi connectivity index (χ4n) is 3.67. The summed E-state index contributed by atoms with van der Waals surface area (Å²) in [5.74, 6) is 1.52. The second kappa shape index (κ2) is 6.65. The summed E-state index contributed by atoms with van der Waals surface area (Å²) in [6.07, 6.45) is 4.96. The monoisotopic (exact) mass is 394 g/mol. The summed E-state index contributed by atoms with van der Waals surface area (Å²) in [6, 6.07) is 7.98. The Hall–Kier alpha value is -2.38. The molecule has 1 aliphatic rings. The first-order chi connectivity index (χ1) is 13.2. The summed E-state index contributed by atoms with van der Waals surface area (Å²) in [5.41, 5.74) is 3.26. The zero-order valence-electron chi connectivity index (χ0n) is 14.7. The number of hydrogen-bond donors (Lipinski definition) is 1. The summed E-state index contributed by atoms with van der Waals surface area (Å²) in [5, 5.41) is 1.55. The number of aromatic amines is 1. The number of benzene rings is 1. The Labute approximate surface area is 164 Å². The molecule has 1 aliphatic carbocycles. The van der Waals surface area contributed by atoms with E-state index in [1.807, 2.05) is 24.3 Å². The van der Waals surface area contributed by atoms with Crippen LogP contribution in [0, 0.1) is 0 Å². The van der Waals surface area contributed by atoms with Crippen molar-refractivity contribution >= 4 is 44.3 Å². The largest absolute Gasteiger partial charge is 0.341 e. The molecule has 1 N–H and O–H groups in total. The van der Waals surface area contributed by atoms with Gasteiger partial charge in [0.15, 0.2) is 5.16 Å². The molecule has 4 aromatic rings. The Morgan fingerprint density at radius 3 is 3.04 bits per heavy atom. The van der Waals surface area contributed by atoms with E-state index in [-0.39, 0.29) is 5.56 Å². The number of aromatic nitrogens is 4. The van der Waals surface area contributed by atoms with Gasteiger partial charge >= 0.3 is 0 Å². The van der Waals surface area contributed by atoms with E-state index in [1.54, 1.807) is 33.7 Å². The maximum Gasteiger partial charge on any atom is 0.263 e. The van der Waals surface area contributed by atoms with E-state index < -0.39 is 0 Å². The third-order valence-electron chi connectivity index (χ3n) is 4.88. The van der Waals surface area contributed by atoms with Crippen LogP contribution < -0.4 is 5.56 Å². The molecule has 0 bridgehead atoms. The molecule has 0 amide bonds. The van der Waals surface area contributed by atoms with Crippen LogP contribution in [0.1, 0.15) is 22.7 Å². The second-order valence-electron chi connectivity index (χ2n) is 6.63. The fraction of sp³-hybridized carbons (Fsp3) is 0.250. The van der Waals surface area contributed by atoms with Crippen LogP contribution in [0.4, 0.5) is 0 Å². The number of thiophene rings is 1. The zero-order chi connectivity index (χ0) is 18.4. The Morgan fingerprint density at radius 1 is 1.30 bits per heavy atom. The lowest BCUT2D eigenvalue weighted by molar-refractivity contribution is 0.672. The van der Waals surface area contributed by atoms with Crippen LogP contribution in [0.2, 0.25) is 0 Å². The van der Waals surface area contributed by atoms with Crippen molar-refractivity contribution in [3.63, 3.8) is 0 Å². The minimum Gasteiger partial charge on any atom is -0.341 e. The number of nitrogens with zero attached hydrogens (tertiary/aromatic N) is 3. The molecular formula is C20H18N4OS2. The number of hydrogen-bond acceptors (Lipinski definition) is 5. The van der Waals surface area contributed by atoms with Crippen molar-refractivity contribution in [2.75, 3.05) is 0 Å². The molecule has 7 heteroatoms. The van der Waals surface area contributed by atoms with Gasteiger partial charge in [0.1, 0.15) is 10.7 Å². The number of rotatable bonds is 5. The van der Waals surface area contributed by atoms with Crippen molar-refractivity contribution in [1.29, 1.82) is 0 Å². The normalized spacial score (nSPS) is 13.5. The minimum atomic E-state index is 0.0615. The van der Waals surface area contributed by atoms with E-state index >= 15 is 0 Å². The number of allylic oxidation sites excluding steroid dienone is 1. The Balaban J connectivity index is 1.54.